The number of nitrogen functional groups attached to an aromatic ring is 1. The molecule has 2 N–H and O–H groups in total. The minimum absolute atomic E-state index is 0.623. The molecule has 0 atom stereocenters. The zero-order valence-corrected chi connectivity index (χ0v) is 12.7. The maximum Gasteiger partial charge on any atom is 0.0593 e. The largest absolute Gasteiger partial charge is 0.399 e. The summed E-state index contributed by atoms with van der Waals surface area (Å²) in [5, 5.41) is 0. The SMILES string of the molecule is CC(C)COCCN1CCN(c2ccc(N)cc2)CC1. The summed E-state index contributed by atoms with van der Waals surface area (Å²) in [4.78, 5) is 4.90. The summed E-state index contributed by atoms with van der Waals surface area (Å²) in [5.41, 5.74) is 7.83. The first-order chi connectivity index (χ1) is 9.65. The quantitative estimate of drug-likeness (QED) is 0.638. The Hall–Kier alpha value is -1.26. The van der Waals surface area contributed by atoms with Crippen LogP contribution < -0.4 is 10.6 Å². The number of anilines is 2. The zero-order chi connectivity index (χ0) is 14.4. The molecule has 0 amide bonds. The Kier molecular flexibility index (Phi) is 5.68. The van der Waals surface area contributed by atoms with Gasteiger partial charge in [0.05, 0.1) is 6.61 Å². The Morgan fingerprint density at radius 3 is 2.35 bits per heavy atom. The van der Waals surface area contributed by atoms with Gasteiger partial charge in [0.25, 0.3) is 0 Å². The van der Waals surface area contributed by atoms with Gasteiger partial charge in [0.1, 0.15) is 0 Å². The average Bonchev–Trinajstić information content (AvgIpc) is 2.45. The Morgan fingerprint density at radius 1 is 1.10 bits per heavy atom. The minimum Gasteiger partial charge on any atom is -0.399 e. The molecule has 0 spiro atoms. The predicted octanol–water partition coefficient (Wildman–Crippen LogP) is 2.06. The monoisotopic (exact) mass is 277 g/mol. The molecule has 1 saturated heterocycles. The van der Waals surface area contributed by atoms with Crippen molar-refractivity contribution in [1.29, 1.82) is 0 Å². The van der Waals surface area contributed by atoms with Crippen LogP contribution in [0.25, 0.3) is 0 Å². The molecule has 1 aliphatic rings. The van der Waals surface area contributed by atoms with Crippen molar-refractivity contribution < 1.29 is 4.74 Å². The van der Waals surface area contributed by atoms with Crippen molar-refractivity contribution in [3.63, 3.8) is 0 Å². The van der Waals surface area contributed by atoms with Crippen LogP contribution in [0.5, 0.6) is 0 Å². The highest BCUT2D eigenvalue weighted by Crippen LogP contribution is 2.17. The van der Waals surface area contributed by atoms with Crippen molar-refractivity contribution in [2.24, 2.45) is 5.92 Å². The average molecular weight is 277 g/mol. The fraction of sp³-hybridized carbons (Fsp3) is 0.625. The second kappa shape index (κ2) is 7.50. The third kappa shape index (κ3) is 4.69. The molecule has 0 radical (unpaired) electrons. The number of hydrogen-bond acceptors (Lipinski definition) is 4. The Bertz CT molecular complexity index is 383. The fourth-order valence-corrected chi connectivity index (χ4v) is 2.43. The summed E-state index contributed by atoms with van der Waals surface area (Å²) >= 11 is 0. The van der Waals surface area contributed by atoms with Crippen molar-refractivity contribution in [3.05, 3.63) is 24.3 Å². The number of nitrogens with two attached hydrogens (primary N) is 1. The molecule has 1 aromatic carbocycles. The lowest BCUT2D eigenvalue weighted by Crippen LogP contribution is -2.47. The number of benzene rings is 1. The lowest BCUT2D eigenvalue weighted by atomic mass is 10.2. The molecule has 1 aromatic rings. The molecule has 0 saturated carbocycles. The highest BCUT2D eigenvalue weighted by atomic mass is 16.5. The lowest BCUT2D eigenvalue weighted by Gasteiger charge is -2.36. The van der Waals surface area contributed by atoms with Gasteiger partial charge in [-0.1, -0.05) is 13.8 Å². The van der Waals surface area contributed by atoms with E-state index in [1.165, 1.54) is 5.69 Å². The van der Waals surface area contributed by atoms with Gasteiger partial charge in [-0.3, -0.25) is 4.90 Å². The molecule has 0 unspecified atom stereocenters. The van der Waals surface area contributed by atoms with Crippen LogP contribution in [0.1, 0.15) is 13.8 Å². The van der Waals surface area contributed by atoms with E-state index in [1.54, 1.807) is 0 Å². The zero-order valence-electron chi connectivity index (χ0n) is 12.7. The van der Waals surface area contributed by atoms with E-state index < -0.39 is 0 Å². The van der Waals surface area contributed by atoms with E-state index in [0.29, 0.717) is 5.92 Å². The number of nitrogens with zero attached hydrogens (tertiary/aromatic N) is 2. The van der Waals surface area contributed by atoms with Crippen molar-refractivity contribution in [2.45, 2.75) is 13.8 Å². The van der Waals surface area contributed by atoms with E-state index in [2.05, 4.69) is 35.8 Å². The third-order valence-electron chi connectivity index (χ3n) is 3.63. The van der Waals surface area contributed by atoms with Crippen molar-refractivity contribution in [1.82, 2.24) is 4.90 Å². The molecule has 0 bridgehead atoms. The van der Waals surface area contributed by atoms with E-state index in [0.717, 1.165) is 51.6 Å². The summed E-state index contributed by atoms with van der Waals surface area (Å²) < 4.78 is 5.65. The molecule has 0 aromatic heterocycles. The molecular weight excluding hydrogens is 250 g/mol. The van der Waals surface area contributed by atoms with Gasteiger partial charge in [0, 0.05) is 50.7 Å². The van der Waals surface area contributed by atoms with Crippen LogP contribution in [-0.4, -0.2) is 50.8 Å². The van der Waals surface area contributed by atoms with E-state index in [4.69, 9.17) is 10.5 Å². The molecule has 20 heavy (non-hydrogen) atoms. The maximum atomic E-state index is 5.73. The van der Waals surface area contributed by atoms with Gasteiger partial charge in [0.15, 0.2) is 0 Å². The second-order valence-electron chi connectivity index (χ2n) is 5.89. The fourth-order valence-electron chi connectivity index (χ4n) is 2.43. The van der Waals surface area contributed by atoms with Gasteiger partial charge in [0.2, 0.25) is 0 Å². The first-order valence-electron chi connectivity index (χ1n) is 7.56. The maximum absolute atomic E-state index is 5.73. The molecular formula is C16H27N3O. The molecule has 1 aliphatic heterocycles. The molecule has 0 aliphatic carbocycles. The van der Waals surface area contributed by atoms with Gasteiger partial charge in [-0.15, -0.1) is 0 Å². The predicted molar refractivity (Wildman–Crippen MR) is 85.2 cm³/mol. The van der Waals surface area contributed by atoms with Gasteiger partial charge >= 0.3 is 0 Å². The van der Waals surface area contributed by atoms with Gasteiger partial charge < -0.3 is 15.4 Å². The lowest BCUT2D eigenvalue weighted by molar-refractivity contribution is 0.0838. The minimum atomic E-state index is 0.623. The van der Waals surface area contributed by atoms with Gasteiger partial charge in [-0.2, -0.15) is 0 Å². The Labute approximate surface area is 122 Å². The second-order valence-corrected chi connectivity index (χ2v) is 5.89. The first kappa shape index (κ1) is 15.1. The molecule has 2 rings (SSSR count). The summed E-state index contributed by atoms with van der Waals surface area (Å²) in [5.74, 6) is 0.623. The van der Waals surface area contributed by atoms with E-state index in [-0.39, 0.29) is 0 Å². The number of rotatable bonds is 6. The highest BCUT2D eigenvalue weighted by molar-refractivity contribution is 5.53. The highest BCUT2D eigenvalue weighted by Gasteiger charge is 2.16. The number of ether oxygens (including phenoxy) is 1. The Balaban J connectivity index is 1.68. The van der Waals surface area contributed by atoms with Crippen LogP contribution >= 0.6 is 0 Å². The molecule has 112 valence electrons. The number of piperazine rings is 1. The molecule has 4 heteroatoms. The smallest absolute Gasteiger partial charge is 0.0593 e. The molecule has 1 heterocycles. The van der Waals surface area contributed by atoms with Gasteiger partial charge in [-0.05, 0) is 30.2 Å². The van der Waals surface area contributed by atoms with E-state index in [1.807, 2.05) is 12.1 Å². The standard InChI is InChI=1S/C16H27N3O/c1-14(2)13-20-12-11-18-7-9-19(10-8-18)16-5-3-15(17)4-6-16/h3-6,14H,7-13,17H2,1-2H3. The van der Waals surface area contributed by atoms with Gasteiger partial charge in [-0.25, -0.2) is 0 Å². The summed E-state index contributed by atoms with van der Waals surface area (Å²) in [6, 6.07) is 8.16. The van der Waals surface area contributed by atoms with E-state index in [9.17, 15) is 0 Å². The molecule has 1 fully saturated rings. The van der Waals surface area contributed by atoms with E-state index >= 15 is 0 Å². The number of hydrogen-bond donors (Lipinski definition) is 1. The van der Waals surface area contributed by atoms with Crippen LogP contribution in [-0.2, 0) is 4.74 Å². The summed E-state index contributed by atoms with van der Waals surface area (Å²) in [6.45, 7) is 11.5. The van der Waals surface area contributed by atoms with Crippen molar-refractivity contribution in [3.8, 4) is 0 Å². The van der Waals surface area contributed by atoms with Crippen molar-refractivity contribution >= 4 is 11.4 Å². The molecule has 4 nitrogen and oxygen atoms in total. The first-order valence-corrected chi connectivity index (χ1v) is 7.56. The Morgan fingerprint density at radius 2 is 1.75 bits per heavy atom. The summed E-state index contributed by atoms with van der Waals surface area (Å²) in [7, 11) is 0. The topological polar surface area (TPSA) is 41.7 Å². The van der Waals surface area contributed by atoms with Crippen LogP contribution in [0.15, 0.2) is 24.3 Å². The third-order valence-corrected chi connectivity index (χ3v) is 3.63. The van der Waals surface area contributed by atoms with Crippen LogP contribution in [0.3, 0.4) is 0 Å². The normalized spacial score (nSPS) is 16.9. The van der Waals surface area contributed by atoms with Crippen molar-refractivity contribution in [2.75, 3.05) is 56.6 Å². The van der Waals surface area contributed by atoms with Crippen LogP contribution in [0, 0.1) is 5.92 Å². The summed E-state index contributed by atoms with van der Waals surface area (Å²) in [6.07, 6.45) is 0. The van der Waals surface area contributed by atoms with Crippen LogP contribution in [0.4, 0.5) is 11.4 Å². The van der Waals surface area contributed by atoms with Crippen LogP contribution in [0.2, 0.25) is 0 Å².